The van der Waals surface area contributed by atoms with Crippen molar-refractivity contribution in [2.45, 2.75) is 20.0 Å². The molecule has 0 spiro atoms. The number of anilines is 1. The second-order valence-corrected chi connectivity index (χ2v) is 4.74. The quantitative estimate of drug-likeness (QED) is 0.752. The number of hydrogen-bond acceptors (Lipinski definition) is 3. The summed E-state index contributed by atoms with van der Waals surface area (Å²) in [4.78, 5) is 14.1. The lowest BCUT2D eigenvalue weighted by Crippen LogP contribution is -2.13. The van der Waals surface area contributed by atoms with Gasteiger partial charge in [-0.15, -0.1) is 0 Å². The summed E-state index contributed by atoms with van der Waals surface area (Å²) in [7, 11) is 0. The third kappa shape index (κ3) is 2.89. The Balaban J connectivity index is 1.67. The SMILES string of the molecule is CCn1cc(CNc2ccc(-n3cc[nH]c3=O)cc2)cn1. The molecule has 6 nitrogen and oxygen atoms in total. The van der Waals surface area contributed by atoms with Gasteiger partial charge >= 0.3 is 5.69 Å². The first-order chi connectivity index (χ1) is 10.3. The Hall–Kier alpha value is -2.76. The molecule has 0 aliphatic carbocycles. The maximum Gasteiger partial charge on any atom is 0.330 e. The fraction of sp³-hybridized carbons (Fsp3) is 0.200. The van der Waals surface area contributed by atoms with Crippen LogP contribution in [-0.4, -0.2) is 19.3 Å². The molecule has 1 aromatic carbocycles. The van der Waals surface area contributed by atoms with E-state index in [4.69, 9.17) is 0 Å². The lowest BCUT2D eigenvalue weighted by molar-refractivity contribution is 0.659. The van der Waals surface area contributed by atoms with Gasteiger partial charge in [0.05, 0.1) is 11.9 Å². The third-order valence-corrected chi connectivity index (χ3v) is 3.30. The number of H-pyrrole nitrogens is 1. The van der Waals surface area contributed by atoms with Crippen LogP contribution in [0, 0.1) is 0 Å². The minimum absolute atomic E-state index is 0.136. The van der Waals surface area contributed by atoms with Gasteiger partial charge in [0.1, 0.15) is 0 Å². The Morgan fingerprint density at radius 1 is 1.29 bits per heavy atom. The van der Waals surface area contributed by atoms with Gasteiger partial charge in [-0.1, -0.05) is 0 Å². The van der Waals surface area contributed by atoms with Crippen molar-refractivity contribution in [3.8, 4) is 5.69 Å². The van der Waals surface area contributed by atoms with Gasteiger partial charge in [0, 0.05) is 42.9 Å². The number of benzene rings is 1. The molecular weight excluding hydrogens is 266 g/mol. The second kappa shape index (κ2) is 5.70. The Morgan fingerprint density at radius 2 is 2.10 bits per heavy atom. The number of aromatic amines is 1. The number of rotatable bonds is 5. The average Bonchev–Trinajstić information content (AvgIpc) is 3.14. The molecule has 0 saturated carbocycles. The van der Waals surface area contributed by atoms with Crippen LogP contribution in [-0.2, 0) is 13.1 Å². The van der Waals surface area contributed by atoms with Gasteiger partial charge in [-0.2, -0.15) is 5.10 Å². The molecule has 21 heavy (non-hydrogen) atoms. The van der Waals surface area contributed by atoms with Gasteiger partial charge in [0.25, 0.3) is 0 Å². The molecule has 0 saturated heterocycles. The fourth-order valence-corrected chi connectivity index (χ4v) is 2.14. The van der Waals surface area contributed by atoms with Crippen molar-refractivity contribution >= 4 is 5.69 Å². The highest BCUT2D eigenvalue weighted by Crippen LogP contribution is 2.13. The van der Waals surface area contributed by atoms with Gasteiger partial charge < -0.3 is 10.3 Å². The first-order valence-corrected chi connectivity index (χ1v) is 6.88. The Bertz CT molecular complexity index is 766. The van der Waals surface area contributed by atoms with E-state index >= 15 is 0 Å². The number of aromatic nitrogens is 4. The number of nitrogens with one attached hydrogen (secondary N) is 2. The zero-order chi connectivity index (χ0) is 14.7. The molecule has 0 radical (unpaired) electrons. The van der Waals surface area contributed by atoms with Crippen LogP contribution in [0.2, 0.25) is 0 Å². The highest BCUT2D eigenvalue weighted by molar-refractivity contribution is 5.48. The molecule has 0 unspecified atom stereocenters. The Kier molecular flexibility index (Phi) is 3.59. The Labute approximate surface area is 122 Å². The molecule has 3 aromatic rings. The van der Waals surface area contributed by atoms with Crippen molar-refractivity contribution in [3.05, 3.63) is 65.1 Å². The first kappa shape index (κ1) is 13.2. The van der Waals surface area contributed by atoms with E-state index in [1.165, 1.54) is 0 Å². The van der Waals surface area contributed by atoms with Crippen molar-refractivity contribution in [3.63, 3.8) is 0 Å². The lowest BCUT2D eigenvalue weighted by atomic mass is 10.2. The summed E-state index contributed by atoms with van der Waals surface area (Å²) in [5.74, 6) is 0. The molecule has 2 aromatic heterocycles. The van der Waals surface area contributed by atoms with Crippen LogP contribution in [0.15, 0.2) is 53.8 Å². The monoisotopic (exact) mass is 283 g/mol. The smallest absolute Gasteiger partial charge is 0.330 e. The molecule has 2 heterocycles. The molecule has 3 rings (SSSR count). The summed E-state index contributed by atoms with van der Waals surface area (Å²) in [5.41, 5.74) is 2.85. The maximum atomic E-state index is 11.5. The highest BCUT2D eigenvalue weighted by Gasteiger charge is 2.01. The first-order valence-electron chi connectivity index (χ1n) is 6.88. The summed E-state index contributed by atoms with van der Waals surface area (Å²) in [6.45, 7) is 3.66. The number of aryl methyl sites for hydroxylation is 1. The minimum atomic E-state index is -0.136. The predicted molar refractivity (Wildman–Crippen MR) is 81.6 cm³/mol. The average molecular weight is 283 g/mol. The minimum Gasteiger partial charge on any atom is -0.381 e. The zero-order valence-electron chi connectivity index (χ0n) is 11.8. The normalized spacial score (nSPS) is 10.7. The van der Waals surface area contributed by atoms with E-state index < -0.39 is 0 Å². The lowest BCUT2D eigenvalue weighted by Gasteiger charge is -2.06. The molecule has 0 aliphatic heterocycles. The van der Waals surface area contributed by atoms with Gasteiger partial charge in [-0.3, -0.25) is 9.25 Å². The van der Waals surface area contributed by atoms with Crippen LogP contribution >= 0.6 is 0 Å². The third-order valence-electron chi connectivity index (χ3n) is 3.30. The van der Waals surface area contributed by atoms with Crippen LogP contribution in [0.3, 0.4) is 0 Å². The standard InChI is InChI=1S/C15H17N5O/c1-2-19-11-12(10-18-19)9-17-13-3-5-14(6-4-13)20-8-7-16-15(20)21/h3-8,10-11,17H,2,9H2,1H3,(H,16,21). The molecule has 0 bridgehead atoms. The van der Waals surface area contributed by atoms with Crippen molar-refractivity contribution < 1.29 is 0 Å². The summed E-state index contributed by atoms with van der Waals surface area (Å²) in [6, 6.07) is 7.73. The van der Waals surface area contributed by atoms with Crippen LogP contribution in [0.4, 0.5) is 5.69 Å². The molecule has 0 aliphatic rings. The summed E-state index contributed by atoms with van der Waals surface area (Å²) in [6.07, 6.45) is 7.23. The highest BCUT2D eigenvalue weighted by atomic mass is 16.1. The zero-order valence-corrected chi connectivity index (χ0v) is 11.8. The van der Waals surface area contributed by atoms with Crippen LogP contribution in [0.1, 0.15) is 12.5 Å². The fourth-order valence-electron chi connectivity index (χ4n) is 2.14. The molecule has 0 fully saturated rings. The van der Waals surface area contributed by atoms with Crippen LogP contribution in [0.5, 0.6) is 0 Å². The van der Waals surface area contributed by atoms with Crippen molar-refractivity contribution in [2.24, 2.45) is 0 Å². The second-order valence-electron chi connectivity index (χ2n) is 4.74. The topological polar surface area (TPSA) is 67.6 Å². The molecule has 2 N–H and O–H groups in total. The van der Waals surface area contributed by atoms with Crippen molar-refractivity contribution in [2.75, 3.05) is 5.32 Å². The van der Waals surface area contributed by atoms with Gasteiger partial charge in [-0.05, 0) is 31.2 Å². The van der Waals surface area contributed by atoms with E-state index in [2.05, 4.69) is 22.3 Å². The van der Waals surface area contributed by atoms with Crippen LogP contribution in [0.25, 0.3) is 5.69 Å². The van der Waals surface area contributed by atoms with E-state index in [9.17, 15) is 4.79 Å². The number of hydrogen-bond donors (Lipinski definition) is 2. The van der Waals surface area contributed by atoms with E-state index in [0.29, 0.717) is 0 Å². The number of nitrogens with zero attached hydrogens (tertiary/aromatic N) is 3. The van der Waals surface area contributed by atoms with Crippen molar-refractivity contribution in [1.82, 2.24) is 19.3 Å². The summed E-state index contributed by atoms with van der Waals surface area (Å²) in [5, 5.41) is 7.58. The van der Waals surface area contributed by atoms with E-state index in [-0.39, 0.29) is 5.69 Å². The van der Waals surface area contributed by atoms with E-state index in [0.717, 1.165) is 30.0 Å². The Morgan fingerprint density at radius 3 is 2.71 bits per heavy atom. The predicted octanol–water partition coefficient (Wildman–Crippen LogP) is 1.99. The van der Waals surface area contributed by atoms with E-state index in [1.807, 2.05) is 41.3 Å². The molecule has 108 valence electrons. The summed E-state index contributed by atoms with van der Waals surface area (Å²) >= 11 is 0. The van der Waals surface area contributed by atoms with Gasteiger partial charge in [-0.25, -0.2) is 4.79 Å². The maximum absolute atomic E-state index is 11.5. The van der Waals surface area contributed by atoms with Crippen molar-refractivity contribution in [1.29, 1.82) is 0 Å². The molecular formula is C15H17N5O. The molecule has 0 atom stereocenters. The van der Waals surface area contributed by atoms with Gasteiger partial charge in [0.15, 0.2) is 0 Å². The number of imidazole rings is 1. The molecule has 6 heteroatoms. The summed E-state index contributed by atoms with van der Waals surface area (Å²) < 4.78 is 3.47. The van der Waals surface area contributed by atoms with Crippen LogP contribution < -0.4 is 11.0 Å². The van der Waals surface area contributed by atoms with Gasteiger partial charge in [0.2, 0.25) is 0 Å². The largest absolute Gasteiger partial charge is 0.381 e. The molecule has 0 amide bonds. The van der Waals surface area contributed by atoms with E-state index in [1.54, 1.807) is 17.0 Å².